The van der Waals surface area contributed by atoms with Crippen LogP contribution in [0.4, 0.5) is 0 Å². The molecule has 2 rings (SSSR count). The van der Waals surface area contributed by atoms with Crippen LogP contribution in [0.2, 0.25) is 0 Å². The molecule has 2 aromatic rings. The summed E-state index contributed by atoms with van der Waals surface area (Å²) in [7, 11) is 0. The monoisotopic (exact) mass is 253 g/mol. The van der Waals surface area contributed by atoms with Gasteiger partial charge in [0.25, 0.3) is 0 Å². The van der Waals surface area contributed by atoms with Gasteiger partial charge in [-0.25, -0.2) is 0 Å². The second kappa shape index (κ2) is 5.35. The summed E-state index contributed by atoms with van der Waals surface area (Å²) in [5.41, 5.74) is 2.68. The van der Waals surface area contributed by atoms with Crippen LogP contribution >= 0.6 is 0 Å². The molecular formula is C17H19NO. The van der Waals surface area contributed by atoms with E-state index < -0.39 is 0 Å². The number of hydrogen-bond donors (Lipinski definition) is 0. The highest BCUT2D eigenvalue weighted by molar-refractivity contribution is 5.99. The Morgan fingerprint density at radius 3 is 2.37 bits per heavy atom. The average molecular weight is 253 g/mol. The van der Waals surface area contributed by atoms with Crippen LogP contribution in [-0.2, 0) is 11.8 Å². The lowest BCUT2D eigenvalue weighted by molar-refractivity contribution is 0.0990. The summed E-state index contributed by atoms with van der Waals surface area (Å²) in [5, 5.41) is 0. The largest absolute Gasteiger partial charge is 0.294 e. The van der Waals surface area contributed by atoms with Gasteiger partial charge in [-0.1, -0.05) is 51.1 Å². The predicted molar refractivity (Wildman–Crippen MR) is 77.4 cm³/mol. The molecule has 0 aliphatic heterocycles. The van der Waals surface area contributed by atoms with E-state index in [0.29, 0.717) is 6.42 Å². The van der Waals surface area contributed by atoms with Gasteiger partial charge in [-0.3, -0.25) is 9.78 Å². The minimum Gasteiger partial charge on any atom is -0.294 e. The van der Waals surface area contributed by atoms with Crippen molar-refractivity contribution in [1.82, 2.24) is 4.98 Å². The molecule has 0 spiro atoms. The molecule has 1 aromatic heterocycles. The number of hydrogen-bond acceptors (Lipinski definition) is 2. The van der Waals surface area contributed by atoms with E-state index in [1.165, 1.54) is 0 Å². The molecule has 98 valence electrons. The predicted octanol–water partition coefficient (Wildman–Crippen LogP) is 3.80. The van der Waals surface area contributed by atoms with Crippen molar-refractivity contribution >= 4 is 5.78 Å². The number of rotatable bonds is 3. The number of aromatic nitrogens is 1. The summed E-state index contributed by atoms with van der Waals surface area (Å²) in [6.45, 7) is 6.37. The molecule has 1 heterocycles. The normalized spacial score (nSPS) is 11.3. The molecule has 0 aliphatic rings. The summed E-state index contributed by atoms with van der Waals surface area (Å²) in [6.07, 6.45) is 2.08. The smallest absolute Gasteiger partial charge is 0.169 e. The molecule has 0 bridgehead atoms. The van der Waals surface area contributed by atoms with Gasteiger partial charge in [0.05, 0.1) is 6.42 Å². The quantitative estimate of drug-likeness (QED) is 0.779. The second-order valence-corrected chi connectivity index (χ2v) is 5.72. The number of pyridine rings is 1. The van der Waals surface area contributed by atoms with E-state index in [0.717, 1.165) is 16.8 Å². The highest BCUT2D eigenvalue weighted by Gasteiger charge is 2.21. The fraction of sp³-hybridized carbons (Fsp3) is 0.294. The zero-order chi connectivity index (χ0) is 13.9. The highest BCUT2D eigenvalue weighted by Crippen LogP contribution is 2.26. The number of benzene rings is 1. The Hall–Kier alpha value is -1.96. The Morgan fingerprint density at radius 1 is 1.05 bits per heavy atom. The van der Waals surface area contributed by atoms with Gasteiger partial charge in [-0.2, -0.15) is 0 Å². The summed E-state index contributed by atoms with van der Waals surface area (Å²) in [5.74, 6) is 0.129. The van der Waals surface area contributed by atoms with Gasteiger partial charge in [-0.15, -0.1) is 0 Å². The van der Waals surface area contributed by atoms with Crippen LogP contribution in [-0.4, -0.2) is 10.8 Å². The van der Waals surface area contributed by atoms with E-state index in [2.05, 4.69) is 25.8 Å². The standard InChI is InChI=1S/C17H19NO/c1-17(2,3)15-10-5-4-9-14(15)16(19)12-13-8-6-7-11-18-13/h4-11H,12H2,1-3H3. The molecule has 2 heteroatoms. The molecule has 0 radical (unpaired) electrons. The van der Waals surface area contributed by atoms with E-state index in [4.69, 9.17) is 0 Å². The first kappa shape index (κ1) is 13.5. The number of Topliss-reactive ketones (excluding diaryl/α,β-unsaturated/α-hetero) is 1. The Kier molecular flexibility index (Phi) is 3.79. The van der Waals surface area contributed by atoms with Gasteiger partial charge in [0.15, 0.2) is 5.78 Å². The first-order valence-electron chi connectivity index (χ1n) is 6.51. The van der Waals surface area contributed by atoms with E-state index in [9.17, 15) is 4.79 Å². The third-order valence-electron chi connectivity index (χ3n) is 3.10. The number of carbonyl (C=O) groups is 1. The fourth-order valence-electron chi connectivity index (χ4n) is 2.14. The fourth-order valence-corrected chi connectivity index (χ4v) is 2.14. The van der Waals surface area contributed by atoms with Gasteiger partial charge < -0.3 is 0 Å². The van der Waals surface area contributed by atoms with E-state index >= 15 is 0 Å². The van der Waals surface area contributed by atoms with Crippen molar-refractivity contribution in [1.29, 1.82) is 0 Å². The zero-order valence-electron chi connectivity index (χ0n) is 11.7. The lowest BCUT2D eigenvalue weighted by atomic mass is 9.82. The third kappa shape index (κ3) is 3.28. The van der Waals surface area contributed by atoms with Gasteiger partial charge in [-0.05, 0) is 23.1 Å². The Balaban J connectivity index is 2.30. The van der Waals surface area contributed by atoms with Crippen LogP contribution in [0.15, 0.2) is 48.7 Å². The van der Waals surface area contributed by atoms with Crippen molar-refractivity contribution in [3.8, 4) is 0 Å². The van der Waals surface area contributed by atoms with Crippen molar-refractivity contribution in [2.24, 2.45) is 0 Å². The Labute approximate surface area is 114 Å². The minimum absolute atomic E-state index is 0.0314. The van der Waals surface area contributed by atoms with Gasteiger partial charge in [0.2, 0.25) is 0 Å². The molecule has 1 aromatic carbocycles. The van der Waals surface area contributed by atoms with E-state index in [-0.39, 0.29) is 11.2 Å². The molecule has 0 fully saturated rings. The van der Waals surface area contributed by atoms with Gasteiger partial charge in [0, 0.05) is 17.5 Å². The molecule has 0 N–H and O–H groups in total. The number of ketones is 1. The van der Waals surface area contributed by atoms with Crippen LogP contribution in [0.5, 0.6) is 0 Å². The average Bonchev–Trinajstić information content (AvgIpc) is 2.39. The van der Waals surface area contributed by atoms with Crippen LogP contribution in [0.3, 0.4) is 0 Å². The minimum atomic E-state index is -0.0314. The molecule has 0 amide bonds. The Morgan fingerprint density at radius 2 is 1.74 bits per heavy atom. The van der Waals surface area contributed by atoms with Crippen LogP contribution in [0.25, 0.3) is 0 Å². The molecular weight excluding hydrogens is 234 g/mol. The van der Waals surface area contributed by atoms with Crippen LogP contribution in [0, 0.1) is 0 Å². The number of carbonyl (C=O) groups excluding carboxylic acids is 1. The van der Waals surface area contributed by atoms with Crippen LogP contribution in [0.1, 0.15) is 42.4 Å². The Bertz CT molecular complexity index is 567. The van der Waals surface area contributed by atoms with Gasteiger partial charge in [0.1, 0.15) is 0 Å². The van der Waals surface area contributed by atoms with Crippen LogP contribution < -0.4 is 0 Å². The molecule has 2 nitrogen and oxygen atoms in total. The topological polar surface area (TPSA) is 30.0 Å². The number of nitrogens with zero attached hydrogens (tertiary/aromatic N) is 1. The maximum Gasteiger partial charge on any atom is 0.169 e. The van der Waals surface area contributed by atoms with E-state index in [1.54, 1.807) is 6.20 Å². The third-order valence-corrected chi connectivity index (χ3v) is 3.10. The van der Waals surface area contributed by atoms with Crippen molar-refractivity contribution in [2.75, 3.05) is 0 Å². The van der Waals surface area contributed by atoms with E-state index in [1.807, 2.05) is 42.5 Å². The first-order valence-corrected chi connectivity index (χ1v) is 6.51. The lowest BCUT2D eigenvalue weighted by Gasteiger charge is -2.22. The molecule has 0 aliphatic carbocycles. The zero-order valence-corrected chi connectivity index (χ0v) is 11.7. The lowest BCUT2D eigenvalue weighted by Crippen LogP contribution is -2.18. The second-order valence-electron chi connectivity index (χ2n) is 5.72. The SMILES string of the molecule is CC(C)(C)c1ccccc1C(=O)Cc1ccccn1. The van der Waals surface area contributed by atoms with Crippen molar-refractivity contribution < 1.29 is 4.79 Å². The molecule has 0 atom stereocenters. The maximum absolute atomic E-state index is 12.4. The van der Waals surface area contributed by atoms with Crippen molar-refractivity contribution in [3.63, 3.8) is 0 Å². The summed E-state index contributed by atoms with van der Waals surface area (Å²) in [4.78, 5) is 16.7. The summed E-state index contributed by atoms with van der Waals surface area (Å²) in [6, 6.07) is 13.5. The summed E-state index contributed by atoms with van der Waals surface area (Å²) >= 11 is 0. The highest BCUT2D eigenvalue weighted by atomic mass is 16.1. The molecule has 0 unspecified atom stereocenters. The van der Waals surface area contributed by atoms with Crippen molar-refractivity contribution in [3.05, 3.63) is 65.5 Å². The molecule has 19 heavy (non-hydrogen) atoms. The first-order chi connectivity index (χ1) is 8.98. The van der Waals surface area contributed by atoms with Crippen molar-refractivity contribution in [2.45, 2.75) is 32.6 Å². The summed E-state index contributed by atoms with van der Waals surface area (Å²) < 4.78 is 0. The molecule has 0 saturated heterocycles. The molecule has 0 saturated carbocycles. The maximum atomic E-state index is 12.4. The van der Waals surface area contributed by atoms with Gasteiger partial charge >= 0.3 is 0 Å².